The van der Waals surface area contributed by atoms with Crippen molar-refractivity contribution in [3.05, 3.63) is 35.1 Å². The van der Waals surface area contributed by atoms with E-state index in [1.807, 2.05) is 0 Å². The SMILES string of the molecule is CN(C)C1CCN(Cc2cc(C(N)=S)ccc2F)CC1. The smallest absolute Gasteiger partial charge is 0.127 e. The monoisotopic (exact) mass is 295 g/mol. The Kier molecular flexibility index (Phi) is 5.07. The van der Waals surface area contributed by atoms with Crippen LogP contribution < -0.4 is 5.73 Å². The number of hydrogen-bond acceptors (Lipinski definition) is 3. The molecule has 0 radical (unpaired) electrons. The van der Waals surface area contributed by atoms with E-state index in [0.29, 0.717) is 23.1 Å². The van der Waals surface area contributed by atoms with Gasteiger partial charge < -0.3 is 10.6 Å². The molecule has 0 aromatic heterocycles. The summed E-state index contributed by atoms with van der Waals surface area (Å²) in [6.07, 6.45) is 2.26. The second-order valence-corrected chi connectivity index (χ2v) is 6.08. The third-order valence-electron chi connectivity index (χ3n) is 4.01. The first kappa shape index (κ1) is 15.4. The molecule has 0 unspecified atom stereocenters. The third-order valence-corrected chi connectivity index (χ3v) is 4.25. The molecule has 1 fully saturated rings. The first-order chi connectivity index (χ1) is 9.47. The van der Waals surface area contributed by atoms with Crippen LogP contribution in [0.5, 0.6) is 0 Å². The van der Waals surface area contributed by atoms with E-state index in [1.165, 1.54) is 6.07 Å². The molecular weight excluding hydrogens is 273 g/mol. The molecule has 1 aliphatic rings. The summed E-state index contributed by atoms with van der Waals surface area (Å²) in [7, 11) is 4.23. The van der Waals surface area contributed by atoms with E-state index in [1.54, 1.807) is 12.1 Å². The number of hydrogen-bond donors (Lipinski definition) is 1. The highest BCUT2D eigenvalue weighted by atomic mass is 32.1. The molecule has 1 aliphatic heterocycles. The molecule has 1 aromatic carbocycles. The molecule has 1 heterocycles. The predicted molar refractivity (Wildman–Crippen MR) is 84.3 cm³/mol. The fourth-order valence-corrected chi connectivity index (χ4v) is 2.81. The van der Waals surface area contributed by atoms with Gasteiger partial charge in [0.15, 0.2) is 0 Å². The van der Waals surface area contributed by atoms with Crippen molar-refractivity contribution in [2.24, 2.45) is 5.73 Å². The molecule has 0 saturated carbocycles. The van der Waals surface area contributed by atoms with Crippen molar-refractivity contribution < 1.29 is 4.39 Å². The Hall–Kier alpha value is -1.04. The van der Waals surface area contributed by atoms with Gasteiger partial charge in [-0.3, -0.25) is 4.90 Å². The van der Waals surface area contributed by atoms with Gasteiger partial charge in [0, 0.05) is 23.7 Å². The summed E-state index contributed by atoms with van der Waals surface area (Å²) in [5, 5.41) is 0. The molecule has 0 aliphatic carbocycles. The normalized spacial score (nSPS) is 17.6. The molecule has 0 amide bonds. The molecule has 0 spiro atoms. The summed E-state index contributed by atoms with van der Waals surface area (Å²) < 4.78 is 13.9. The minimum absolute atomic E-state index is 0.181. The average molecular weight is 295 g/mol. The highest BCUT2D eigenvalue weighted by Gasteiger charge is 2.21. The molecule has 2 N–H and O–H groups in total. The molecular formula is C15H22FN3S. The highest BCUT2D eigenvalue weighted by molar-refractivity contribution is 7.80. The maximum Gasteiger partial charge on any atom is 0.127 e. The minimum Gasteiger partial charge on any atom is -0.389 e. The Morgan fingerprint density at radius 3 is 2.60 bits per heavy atom. The van der Waals surface area contributed by atoms with E-state index in [-0.39, 0.29) is 5.82 Å². The fraction of sp³-hybridized carbons (Fsp3) is 0.533. The Bertz CT molecular complexity index is 482. The zero-order valence-electron chi connectivity index (χ0n) is 12.1. The van der Waals surface area contributed by atoms with Gasteiger partial charge in [0.25, 0.3) is 0 Å². The lowest BCUT2D eigenvalue weighted by molar-refractivity contribution is 0.139. The number of nitrogens with two attached hydrogens (primary N) is 1. The zero-order chi connectivity index (χ0) is 14.7. The number of rotatable bonds is 4. The van der Waals surface area contributed by atoms with Gasteiger partial charge in [-0.2, -0.15) is 0 Å². The largest absolute Gasteiger partial charge is 0.389 e. The van der Waals surface area contributed by atoms with Gasteiger partial charge >= 0.3 is 0 Å². The van der Waals surface area contributed by atoms with Gasteiger partial charge in [-0.15, -0.1) is 0 Å². The van der Waals surface area contributed by atoms with E-state index < -0.39 is 0 Å². The van der Waals surface area contributed by atoms with Crippen molar-refractivity contribution in [3.8, 4) is 0 Å². The number of halogens is 1. The fourth-order valence-electron chi connectivity index (χ4n) is 2.68. The van der Waals surface area contributed by atoms with Gasteiger partial charge in [0.05, 0.1) is 0 Å². The van der Waals surface area contributed by atoms with E-state index in [4.69, 9.17) is 18.0 Å². The van der Waals surface area contributed by atoms with Crippen LogP contribution in [0, 0.1) is 5.82 Å². The summed E-state index contributed by atoms with van der Waals surface area (Å²) in [5.41, 5.74) is 7.02. The zero-order valence-corrected chi connectivity index (χ0v) is 12.9. The van der Waals surface area contributed by atoms with Crippen molar-refractivity contribution in [1.29, 1.82) is 0 Å². The maximum atomic E-state index is 13.9. The van der Waals surface area contributed by atoms with E-state index >= 15 is 0 Å². The molecule has 1 saturated heterocycles. The second-order valence-electron chi connectivity index (χ2n) is 5.64. The van der Waals surface area contributed by atoms with Crippen LogP contribution in [-0.2, 0) is 6.54 Å². The highest BCUT2D eigenvalue weighted by Crippen LogP contribution is 2.19. The Morgan fingerprint density at radius 2 is 2.05 bits per heavy atom. The van der Waals surface area contributed by atoms with Gasteiger partial charge in [-0.05, 0) is 58.2 Å². The van der Waals surface area contributed by atoms with Crippen molar-refractivity contribution >= 4 is 17.2 Å². The summed E-state index contributed by atoms with van der Waals surface area (Å²) in [6, 6.07) is 5.50. The lowest BCUT2D eigenvalue weighted by Gasteiger charge is -2.35. The molecule has 0 atom stereocenters. The predicted octanol–water partition coefficient (Wildman–Crippen LogP) is 1.99. The summed E-state index contributed by atoms with van der Waals surface area (Å²) in [6.45, 7) is 2.63. The number of likely N-dealkylation sites (tertiary alicyclic amines) is 1. The van der Waals surface area contributed by atoms with Crippen LogP contribution in [0.25, 0.3) is 0 Å². The van der Waals surface area contributed by atoms with Crippen molar-refractivity contribution in [2.75, 3.05) is 27.2 Å². The number of benzene rings is 1. The van der Waals surface area contributed by atoms with Crippen LogP contribution in [0.4, 0.5) is 4.39 Å². The van der Waals surface area contributed by atoms with Gasteiger partial charge in [0.1, 0.15) is 10.8 Å². The molecule has 0 bridgehead atoms. The van der Waals surface area contributed by atoms with Gasteiger partial charge in [-0.25, -0.2) is 4.39 Å². The van der Waals surface area contributed by atoms with Crippen LogP contribution in [0.15, 0.2) is 18.2 Å². The maximum absolute atomic E-state index is 13.9. The number of thiocarbonyl (C=S) groups is 1. The molecule has 1 aromatic rings. The first-order valence-corrected chi connectivity index (χ1v) is 7.35. The molecule has 5 heteroatoms. The van der Waals surface area contributed by atoms with Crippen LogP contribution in [0.3, 0.4) is 0 Å². The molecule has 3 nitrogen and oxygen atoms in total. The van der Waals surface area contributed by atoms with Crippen molar-refractivity contribution in [2.45, 2.75) is 25.4 Å². The van der Waals surface area contributed by atoms with Gasteiger partial charge in [-0.1, -0.05) is 12.2 Å². The van der Waals surface area contributed by atoms with E-state index in [0.717, 1.165) is 31.5 Å². The van der Waals surface area contributed by atoms with Crippen LogP contribution in [-0.4, -0.2) is 48.0 Å². The summed E-state index contributed by atoms with van der Waals surface area (Å²) in [4.78, 5) is 4.88. The van der Waals surface area contributed by atoms with E-state index in [9.17, 15) is 4.39 Å². The Balaban J connectivity index is 2.00. The van der Waals surface area contributed by atoms with Crippen molar-refractivity contribution in [3.63, 3.8) is 0 Å². The lowest BCUT2D eigenvalue weighted by atomic mass is 10.0. The lowest BCUT2D eigenvalue weighted by Crippen LogP contribution is -2.41. The first-order valence-electron chi connectivity index (χ1n) is 6.94. The van der Waals surface area contributed by atoms with Crippen LogP contribution in [0.2, 0.25) is 0 Å². The van der Waals surface area contributed by atoms with Crippen LogP contribution >= 0.6 is 12.2 Å². The number of nitrogens with zero attached hydrogens (tertiary/aromatic N) is 2. The molecule has 110 valence electrons. The topological polar surface area (TPSA) is 32.5 Å². The Labute approximate surface area is 125 Å². The quantitative estimate of drug-likeness (QED) is 0.861. The standard InChI is InChI=1S/C15H22FN3S/c1-18(2)13-5-7-19(8-6-13)10-12-9-11(15(17)20)3-4-14(12)16/h3-4,9,13H,5-8,10H2,1-2H3,(H2,17,20). The molecule has 2 rings (SSSR count). The second kappa shape index (κ2) is 6.61. The van der Waals surface area contributed by atoms with E-state index in [2.05, 4.69) is 23.9 Å². The van der Waals surface area contributed by atoms with Crippen LogP contribution in [0.1, 0.15) is 24.0 Å². The minimum atomic E-state index is -0.181. The third kappa shape index (κ3) is 3.75. The number of piperidine rings is 1. The average Bonchev–Trinajstić information content (AvgIpc) is 2.41. The van der Waals surface area contributed by atoms with Gasteiger partial charge in [0.2, 0.25) is 0 Å². The molecule has 20 heavy (non-hydrogen) atoms. The summed E-state index contributed by atoms with van der Waals surface area (Å²) >= 11 is 4.95. The summed E-state index contributed by atoms with van der Waals surface area (Å²) in [5.74, 6) is -0.181. The van der Waals surface area contributed by atoms with Crippen molar-refractivity contribution in [1.82, 2.24) is 9.80 Å². The Morgan fingerprint density at radius 1 is 1.40 bits per heavy atom.